The van der Waals surface area contributed by atoms with Gasteiger partial charge in [0.1, 0.15) is 0 Å². The molecular weight excluding hydrogens is 634 g/mol. The van der Waals surface area contributed by atoms with Gasteiger partial charge >= 0.3 is 11.8 Å². The van der Waals surface area contributed by atoms with Crippen LogP contribution in [0.25, 0.3) is 0 Å². The van der Waals surface area contributed by atoms with Crippen LogP contribution in [-0.2, 0) is 9.59 Å². The molecule has 0 atom stereocenters. The van der Waals surface area contributed by atoms with Crippen LogP contribution in [0.2, 0.25) is 0 Å². The van der Waals surface area contributed by atoms with E-state index in [1.807, 2.05) is 14.1 Å². The summed E-state index contributed by atoms with van der Waals surface area (Å²) in [4.78, 5) is 25.7. The van der Waals surface area contributed by atoms with Crippen LogP contribution in [0, 0.1) is 0 Å². The van der Waals surface area contributed by atoms with Gasteiger partial charge in [0, 0.05) is 0 Å². The van der Waals surface area contributed by atoms with Crippen molar-refractivity contribution in [3.8, 4) is 0 Å². The van der Waals surface area contributed by atoms with Crippen molar-refractivity contribution in [2.75, 3.05) is 14.1 Å². The summed E-state index contributed by atoms with van der Waals surface area (Å²) in [6.07, 6.45) is 52.8. The summed E-state index contributed by atoms with van der Waals surface area (Å²) in [5.74, 6) is 0.213. The van der Waals surface area contributed by atoms with Crippen LogP contribution in [-0.4, -0.2) is 30.4 Å². The quantitative estimate of drug-likeness (QED) is 0.0465. The molecule has 0 unspecified atom stereocenters. The predicted molar refractivity (Wildman–Crippen MR) is 218 cm³/mol. The molecule has 0 saturated carbocycles. The summed E-state index contributed by atoms with van der Waals surface area (Å²) in [5, 5.41) is 0. The molecule has 0 radical (unpaired) electrons. The maximum absolute atomic E-state index is 12.8. The molecule has 50 heavy (non-hydrogen) atoms. The SMILES string of the molecule is CCCCCCCCCCCCCCCCCCCCCC(=O)[N+](C)(C)C(=O)CCCCCCCCCCCCCCCCCCCCC.[Cl-]. The fraction of sp³-hybridized carbons (Fsp3) is 0.957. The van der Waals surface area contributed by atoms with E-state index in [2.05, 4.69) is 13.8 Å². The number of halogens is 1. The summed E-state index contributed by atoms with van der Waals surface area (Å²) in [6, 6.07) is 0. The van der Waals surface area contributed by atoms with Gasteiger partial charge < -0.3 is 12.4 Å². The first-order valence-electron chi connectivity index (χ1n) is 22.9. The summed E-state index contributed by atoms with van der Waals surface area (Å²) < 4.78 is -0.0574. The summed E-state index contributed by atoms with van der Waals surface area (Å²) >= 11 is 0. The molecule has 0 aliphatic rings. The van der Waals surface area contributed by atoms with Crippen molar-refractivity contribution in [3.05, 3.63) is 0 Å². The number of rotatable bonds is 40. The molecule has 0 heterocycles. The lowest BCUT2D eigenvalue weighted by atomic mass is 10.0. The van der Waals surface area contributed by atoms with E-state index >= 15 is 0 Å². The Morgan fingerprint density at radius 3 is 0.580 bits per heavy atom. The minimum Gasteiger partial charge on any atom is -1.00 e. The smallest absolute Gasteiger partial charge is 0.320 e. The van der Waals surface area contributed by atoms with E-state index in [1.54, 1.807) is 0 Å². The number of carbonyl (C=O) groups is 2. The Labute approximate surface area is 322 Å². The average Bonchev–Trinajstić information content (AvgIpc) is 3.10. The number of amides is 2. The van der Waals surface area contributed by atoms with E-state index < -0.39 is 0 Å². The second-order valence-corrected chi connectivity index (χ2v) is 16.5. The second kappa shape index (κ2) is 41.3. The number of unbranched alkanes of at least 4 members (excludes halogenated alkanes) is 36. The van der Waals surface area contributed by atoms with E-state index in [4.69, 9.17) is 0 Å². The summed E-state index contributed by atoms with van der Waals surface area (Å²) in [5.41, 5.74) is 0. The van der Waals surface area contributed by atoms with Crippen molar-refractivity contribution in [3.63, 3.8) is 0 Å². The molecule has 0 aromatic rings. The molecule has 0 aromatic carbocycles. The normalized spacial score (nSPS) is 11.6. The number of quaternary nitrogens is 1. The van der Waals surface area contributed by atoms with Gasteiger partial charge in [-0.1, -0.05) is 245 Å². The zero-order chi connectivity index (χ0) is 35.9. The van der Waals surface area contributed by atoms with Gasteiger partial charge in [0.05, 0.1) is 26.9 Å². The maximum atomic E-state index is 12.8. The van der Waals surface area contributed by atoms with Gasteiger partial charge in [0.2, 0.25) is 0 Å². The highest BCUT2D eigenvalue weighted by Gasteiger charge is 2.33. The fourth-order valence-electron chi connectivity index (χ4n) is 7.41. The van der Waals surface area contributed by atoms with Crippen molar-refractivity contribution in [1.29, 1.82) is 0 Å². The minimum absolute atomic E-state index is 0. The second-order valence-electron chi connectivity index (χ2n) is 16.5. The highest BCUT2D eigenvalue weighted by Crippen LogP contribution is 2.18. The molecule has 0 aromatic heterocycles. The Bertz CT molecular complexity index is 638. The Hall–Kier alpha value is -0.410. The van der Waals surface area contributed by atoms with Gasteiger partial charge in [-0.05, 0) is 12.8 Å². The largest absolute Gasteiger partial charge is 1.00 e. The van der Waals surface area contributed by atoms with Gasteiger partial charge in [-0.2, -0.15) is 0 Å². The first-order valence-corrected chi connectivity index (χ1v) is 22.9. The molecule has 0 fully saturated rings. The van der Waals surface area contributed by atoms with E-state index in [9.17, 15) is 9.59 Å². The molecule has 300 valence electrons. The van der Waals surface area contributed by atoms with Crippen LogP contribution in [0.15, 0.2) is 0 Å². The molecule has 2 amide bonds. The molecule has 0 saturated heterocycles. The number of hydrogen-bond acceptors (Lipinski definition) is 2. The third kappa shape index (κ3) is 36.0. The monoisotopic (exact) mass is 726 g/mol. The average molecular weight is 727 g/mol. The lowest BCUT2D eigenvalue weighted by Crippen LogP contribution is -3.00. The van der Waals surface area contributed by atoms with E-state index in [-0.39, 0.29) is 28.7 Å². The fourth-order valence-corrected chi connectivity index (χ4v) is 7.41. The molecule has 0 aliphatic carbocycles. The van der Waals surface area contributed by atoms with Crippen LogP contribution < -0.4 is 12.4 Å². The lowest BCUT2D eigenvalue weighted by Gasteiger charge is -2.24. The zero-order valence-corrected chi connectivity index (χ0v) is 35.7. The van der Waals surface area contributed by atoms with Crippen molar-refractivity contribution in [2.24, 2.45) is 0 Å². The summed E-state index contributed by atoms with van der Waals surface area (Å²) in [6.45, 7) is 4.59. The van der Waals surface area contributed by atoms with E-state index in [1.165, 1.54) is 218 Å². The van der Waals surface area contributed by atoms with Gasteiger partial charge in [0.15, 0.2) is 0 Å². The number of imide groups is 1. The summed E-state index contributed by atoms with van der Waals surface area (Å²) in [7, 11) is 3.63. The van der Waals surface area contributed by atoms with Crippen molar-refractivity contribution < 1.29 is 26.5 Å². The first-order chi connectivity index (χ1) is 24.0. The Kier molecular flexibility index (Phi) is 42.7. The van der Waals surface area contributed by atoms with Gasteiger partial charge in [-0.25, -0.2) is 14.1 Å². The zero-order valence-electron chi connectivity index (χ0n) is 34.9. The predicted octanol–water partition coefficient (Wildman–Crippen LogP) is 12.8. The topological polar surface area (TPSA) is 34.1 Å². The van der Waals surface area contributed by atoms with Crippen LogP contribution in [0.1, 0.15) is 271 Å². The first kappa shape index (κ1) is 51.7. The Morgan fingerprint density at radius 1 is 0.280 bits per heavy atom. The van der Waals surface area contributed by atoms with E-state index in [0.29, 0.717) is 12.8 Å². The third-order valence-corrected chi connectivity index (χ3v) is 11.2. The maximum Gasteiger partial charge on any atom is 0.320 e. The van der Waals surface area contributed by atoms with Crippen LogP contribution >= 0.6 is 0 Å². The molecule has 0 spiro atoms. The molecule has 0 N–H and O–H groups in total. The van der Waals surface area contributed by atoms with Gasteiger partial charge in [0.25, 0.3) is 0 Å². The van der Waals surface area contributed by atoms with Gasteiger partial charge in [-0.3, -0.25) is 0 Å². The van der Waals surface area contributed by atoms with Crippen molar-refractivity contribution >= 4 is 11.8 Å². The number of hydrogen-bond donors (Lipinski definition) is 0. The highest BCUT2D eigenvalue weighted by molar-refractivity contribution is 5.84. The van der Waals surface area contributed by atoms with Crippen molar-refractivity contribution in [2.45, 2.75) is 271 Å². The number of carbonyl (C=O) groups excluding carboxylic acids is 2. The van der Waals surface area contributed by atoms with Crippen molar-refractivity contribution in [1.82, 2.24) is 0 Å². The van der Waals surface area contributed by atoms with Gasteiger partial charge in [-0.15, -0.1) is 0 Å². The number of nitrogens with zero attached hydrogens (tertiary/aromatic N) is 1. The highest BCUT2D eigenvalue weighted by atomic mass is 35.5. The molecular formula is C46H92ClNO2. The molecule has 0 rings (SSSR count). The minimum atomic E-state index is -0.0574. The Morgan fingerprint density at radius 2 is 0.420 bits per heavy atom. The molecule has 0 aliphatic heterocycles. The molecule has 4 heteroatoms. The van der Waals surface area contributed by atoms with Crippen LogP contribution in [0.5, 0.6) is 0 Å². The lowest BCUT2D eigenvalue weighted by molar-refractivity contribution is -0.736. The van der Waals surface area contributed by atoms with Crippen LogP contribution in [0.4, 0.5) is 0 Å². The third-order valence-electron chi connectivity index (χ3n) is 11.2. The van der Waals surface area contributed by atoms with Crippen LogP contribution in [0.3, 0.4) is 0 Å². The van der Waals surface area contributed by atoms with E-state index in [0.717, 1.165) is 25.7 Å². The molecule has 3 nitrogen and oxygen atoms in total. The molecule has 0 bridgehead atoms. The Balaban J connectivity index is 0. The standard InChI is InChI=1S/C46H92NO2.ClH/c1-5-7-9-11-13-15-17-19-21-23-25-27-29-31-33-35-37-39-41-43-45(48)47(3,4)46(49)44-42-40-38-36-34-32-30-28-26-24-22-20-18-16-14-12-10-8-6-2;/h5-44H2,1-4H3;1H/q+1;/p-1.